The van der Waals surface area contributed by atoms with Gasteiger partial charge in [0.2, 0.25) is 0 Å². The van der Waals surface area contributed by atoms with Gasteiger partial charge in [0.25, 0.3) is 0 Å². The van der Waals surface area contributed by atoms with Crippen LogP contribution in [0.4, 0.5) is 14.6 Å². The molecule has 1 aromatic heterocycles. The average molecular weight is 535 g/mol. The fourth-order valence-electron chi connectivity index (χ4n) is 2.51. The highest BCUT2D eigenvalue weighted by atomic mass is 127. The molecule has 30 heavy (non-hydrogen) atoms. The van der Waals surface area contributed by atoms with Gasteiger partial charge in [0.15, 0.2) is 5.96 Å². The summed E-state index contributed by atoms with van der Waals surface area (Å²) in [7, 11) is 5.37. The molecular formula is C20H28F2IN5O2. The number of guanidine groups is 1. The van der Waals surface area contributed by atoms with Crippen molar-refractivity contribution in [3.05, 3.63) is 47.7 Å². The number of nitrogens with one attached hydrogen (secondary N) is 2. The van der Waals surface area contributed by atoms with Crippen LogP contribution in [0.1, 0.15) is 18.2 Å². The second-order valence-electron chi connectivity index (χ2n) is 6.28. The Labute approximate surface area is 192 Å². The third-order valence-electron chi connectivity index (χ3n) is 3.92. The van der Waals surface area contributed by atoms with E-state index in [9.17, 15) is 8.78 Å². The van der Waals surface area contributed by atoms with Crippen LogP contribution in [0.5, 0.6) is 11.5 Å². The normalized spacial score (nSPS) is 11.0. The van der Waals surface area contributed by atoms with Gasteiger partial charge in [0.1, 0.15) is 17.3 Å². The Morgan fingerprint density at radius 1 is 1.20 bits per heavy atom. The molecule has 0 aliphatic rings. The van der Waals surface area contributed by atoms with Gasteiger partial charge in [-0.25, -0.2) is 9.98 Å². The van der Waals surface area contributed by atoms with Crippen molar-refractivity contribution in [1.29, 1.82) is 0 Å². The summed E-state index contributed by atoms with van der Waals surface area (Å²) in [5, 5.41) is 6.33. The van der Waals surface area contributed by atoms with Crippen LogP contribution in [-0.4, -0.2) is 45.3 Å². The van der Waals surface area contributed by atoms with Crippen LogP contribution >= 0.6 is 24.0 Å². The maximum atomic E-state index is 12.7. The molecular weight excluding hydrogens is 507 g/mol. The summed E-state index contributed by atoms with van der Waals surface area (Å²) in [6.07, 6.45) is 0. The van der Waals surface area contributed by atoms with Crippen molar-refractivity contribution in [2.45, 2.75) is 26.6 Å². The molecule has 166 valence electrons. The van der Waals surface area contributed by atoms with Gasteiger partial charge in [-0.2, -0.15) is 8.78 Å². The monoisotopic (exact) mass is 535 g/mol. The van der Waals surface area contributed by atoms with Gasteiger partial charge in [0, 0.05) is 26.2 Å². The molecule has 0 saturated carbocycles. The Balaban J connectivity index is 0.00000450. The third-order valence-corrected chi connectivity index (χ3v) is 3.92. The Morgan fingerprint density at radius 2 is 1.97 bits per heavy atom. The van der Waals surface area contributed by atoms with Crippen LogP contribution in [0.2, 0.25) is 0 Å². The Kier molecular flexibility index (Phi) is 11.2. The minimum atomic E-state index is -2.91. The van der Waals surface area contributed by atoms with Gasteiger partial charge in [-0.1, -0.05) is 6.07 Å². The highest BCUT2D eigenvalue weighted by Crippen LogP contribution is 2.26. The molecule has 1 heterocycles. The van der Waals surface area contributed by atoms with Gasteiger partial charge >= 0.3 is 6.61 Å². The van der Waals surface area contributed by atoms with Crippen molar-refractivity contribution in [3.8, 4) is 11.5 Å². The van der Waals surface area contributed by atoms with Crippen LogP contribution in [0.15, 0.2) is 41.4 Å². The summed E-state index contributed by atoms with van der Waals surface area (Å²) >= 11 is 0. The maximum Gasteiger partial charge on any atom is 0.387 e. The van der Waals surface area contributed by atoms with E-state index in [1.54, 1.807) is 12.1 Å². The van der Waals surface area contributed by atoms with Gasteiger partial charge in [-0.15, -0.1) is 24.0 Å². The molecule has 0 saturated heterocycles. The zero-order valence-electron chi connectivity index (χ0n) is 17.5. The highest BCUT2D eigenvalue weighted by Gasteiger charge is 2.11. The van der Waals surface area contributed by atoms with E-state index in [0.29, 0.717) is 30.4 Å². The smallest absolute Gasteiger partial charge is 0.387 e. The van der Waals surface area contributed by atoms with Gasteiger partial charge in [0.05, 0.1) is 25.9 Å². The van der Waals surface area contributed by atoms with Crippen molar-refractivity contribution in [2.75, 3.05) is 32.6 Å². The lowest BCUT2D eigenvalue weighted by atomic mass is 10.2. The fraction of sp³-hybridized carbons (Fsp3) is 0.400. The van der Waals surface area contributed by atoms with Crippen LogP contribution in [0, 0.1) is 0 Å². The molecule has 7 nitrogen and oxygen atoms in total. The molecule has 0 spiro atoms. The topological polar surface area (TPSA) is 71.0 Å². The van der Waals surface area contributed by atoms with Gasteiger partial charge in [-0.3, -0.25) is 0 Å². The molecule has 0 aliphatic carbocycles. The summed E-state index contributed by atoms with van der Waals surface area (Å²) in [5.74, 6) is 2.01. The molecule has 0 unspecified atom stereocenters. The second-order valence-corrected chi connectivity index (χ2v) is 6.28. The van der Waals surface area contributed by atoms with Crippen molar-refractivity contribution in [3.63, 3.8) is 0 Å². The number of hydrogen-bond acceptors (Lipinski definition) is 5. The highest BCUT2D eigenvalue weighted by molar-refractivity contribution is 14.0. The summed E-state index contributed by atoms with van der Waals surface area (Å²) in [5.41, 5.74) is 1.35. The van der Waals surface area contributed by atoms with Gasteiger partial charge in [-0.05, 0) is 37.3 Å². The van der Waals surface area contributed by atoms with Crippen molar-refractivity contribution in [2.24, 2.45) is 4.99 Å². The standard InChI is InChI=1S/C20H27F2N5O2.HI/c1-5-23-20(25-13-15-7-6-8-18(26-15)27(2)3)24-12-14-11-16(28-4)9-10-17(14)29-19(21)22;/h6-11,19H,5,12-13H2,1-4H3,(H2,23,24,25);1H. The van der Waals surface area contributed by atoms with Crippen LogP contribution in [-0.2, 0) is 13.1 Å². The molecule has 0 radical (unpaired) electrons. The number of benzene rings is 1. The second kappa shape index (κ2) is 13.0. The van der Waals surface area contributed by atoms with E-state index in [4.69, 9.17) is 4.74 Å². The van der Waals surface area contributed by atoms with E-state index >= 15 is 0 Å². The Bertz CT molecular complexity index is 822. The van der Waals surface area contributed by atoms with E-state index in [0.717, 1.165) is 11.5 Å². The number of rotatable bonds is 9. The lowest BCUT2D eigenvalue weighted by molar-refractivity contribution is -0.0504. The summed E-state index contributed by atoms with van der Waals surface area (Å²) in [6, 6.07) is 10.4. The summed E-state index contributed by atoms with van der Waals surface area (Å²) in [6.45, 7) is 0.285. The fourth-order valence-corrected chi connectivity index (χ4v) is 2.51. The van der Waals surface area contributed by atoms with E-state index in [1.165, 1.54) is 13.2 Å². The zero-order chi connectivity index (χ0) is 21.2. The predicted octanol–water partition coefficient (Wildman–Crippen LogP) is 3.63. The van der Waals surface area contributed by atoms with E-state index in [2.05, 4.69) is 25.3 Å². The minimum Gasteiger partial charge on any atom is -0.497 e. The van der Waals surface area contributed by atoms with Crippen LogP contribution < -0.4 is 25.0 Å². The van der Waals surface area contributed by atoms with E-state index < -0.39 is 6.61 Å². The molecule has 0 bridgehead atoms. The number of pyridine rings is 1. The first-order chi connectivity index (χ1) is 13.9. The first-order valence-electron chi connectivity index (χ1n) is 9.20. The molecule has 0 aliphatic heterocycles. The quantitative estimate of drug-likeness (QED) is 0.291. The summed E-state index contributed by atoms with van der Waals surface area (Å²) < 4.78 is 35.1. The lowest BCUT2D eigenvalue weighted by Crippen LogP contribution is -2.37. The van der Waals surface area contributed by atoms with Crippen molar-refractivity contribution >= 4 is 35.8 Å². The van der Waals surface area contributed by atoms with E-state index in [-0.39, 0.29) is 36.3 Å². The molecule has 0 amide bonds. The van der Waals surface area contributed by atoms with Crippen LogP contribution in [0.25, 0.3) is 0 Å². The first-order valence-corrected chi connectivity index (χ1v) is 9.20. The number of aliphatic imine (C=N–C) groups is 1. The van der Waals surface area contributed by atoms with Crippen molar-refractivity contribution in [1.82, 2.24) is 15.6 Å². The SMILES string of the molecule is CCNC(=NCc1cc(OC)ccc1OC(F)F)NCc1cccc(N(C)C)n1.I. The lowest BCUT2D eigenvalue weighted by Gasteiger charge is -2.15. The minimum absolute atomic E-state index is 0. The zero-order valence-corrected chi connectivity index (χ0v) is 19.8. The largest absolute Gasteiger partial charge is 0.497 e. The Hall–Kier alpha value is -2.37. The summed E-state index contributed by atoms with van der Waals surface area (Å²) in [4.78, 5) is 11.0. The molecule has 2 aromatic rings. The van der Waals surface area contributed by atoms with E-state index in [1.807, 2.05) is 44.1 Å². The number of methoxy groups -OCH3 is 1. The molecule has 10 heteroatoms. The molecule has 0 fully saturated rings. The number of ether oxygens (including phenoxy) is 2. The first kappa shape index (κ1) is 25.7. The number of anilines is 1. The van der Waals surface area contributed by atoms with Crippen molar-refractivity contribution < 1.29 is 18.3 Å². The third kappa shape index (κ3) is 8.17. The molecule has 2 rings (SSSR count). The molecule has 2 N–H and O–H groups in total. The predicted molar refractivity (Wildman–Crippen MR) is 125 cm³/mol. The van der Waals surface area contributed by atoms with Crippen LogP contribution in [0.3, 0.4) is 0 Å². The Morgan fingerprint density at radius 3 is 2.60 bits per heavy atom. The van der Waals surface area contributed by atoms with Gasteiger partial charge < -0.3 is 25.0 Å². The average Bonchev–Trinajstić information content (AvgIpc) is 2.70. The maximum absolute atomic E-state index is 12.7. The number of halogens is 3. The number of alkyl halides is 2. The number of hydrogen-bond donors (Lipinski definition) is 2. The molecule has 0 atom stereocenters. The number of nitrogens with zero attached hydrogens (tertiary/aromatic N) is 3. The number of aromatic nitrogens is 1. The molecule has 1 aromatic carbocycles.